The molecule has 0 saturated heterocycles. The van der Waals surface area contributed by atoms with Gasteiger partial charge in [-0.3, -0.25) is 10.2 Å². The molecule has 1 aromatic carbocycles. The first kappa shape index (κ1) is 12.6. The summed E-state index contributed by atoms with van der Waals surface area (Å²) in [6.07, 6.45) is 1.92. The van der Waals surface area contributed by atoms with Gasteiger partial charge in [-0.1, -0.05) is 18.2 Å². The summed E-state index contributed by atoms with van der Waals surface area (Å²) < 4.78 is 0. The Morgan fingerprint density at radius 1 is 1.28 bits per heavy atom. The third-order valence-electron chi connectivity index (χ3n) is 3.16. The van der Waals surface area contributed by atoms with Crippen molar-refractivity contribution in [3.05, 3.63) is 36.0 Å². The number of nitrogens with one attached hydrogen (secondary N) is 2. The van der Waals surface area contributed by atoms with E-state index < -0.39 is 5.41 Å². The van der Waals surface area contributed by atoms with E-state index in [0.29, 0.717) is 0 Å². The lowest BCUT2D eigenvalue weighted by atomic mass is 9.83. The normalized spacial score (nSPS) is 12.1. The molecule has 2 aromatic rings. The van der Waals surface area contributed by atoms with Gasteiger partial charge in [0.1, 0.15) is 0 Å². The Bertz CT molecular complexity index is 569. The molecule has 1 aromatic heterocycles. The monoisotopic (exact) mass is 245 g/mol. The number of nitrogens with zero attached hydrogens (tertiary/aromatic N) is 1. The zero-order valence-corrected chi connectivity index (χ0v) is 11.2. The molecule has 4 nitrogen and oxygen atoms in total. The van der Waals surface area contributed by atoms with Crippen LogP contribution in [0.15, 0.2) is 30.5 Å². The number of hydrogen-bond acceptors (Lipinski definition) is 2. The molecule has 18 heavy (non-hydrogen) atoms. The first-order valence-corrected chi connectivity index (χ1v) is 5.98. The van der Waals surface area contributed by atoms with E-state index in [1.165, 1.54) is 0 Å². The lowest BCUT2D eigenvalue weighted by molar-refractivity contribution is -0.129. The van der Waals surface area contributed by atoms with Crippen LogP contribution in [-0.2, 0) is 10.2 Å². The lowest BCUT2D eigenvalue weighted by Crippen LogP contribution is -2.46. The van der Waals surface area contributed by atoms with Gasteiger partial charge in [0.25, 0.3) is 0 Å². The molecule has 0 radical (unpaired) electrons. The SMILES string of the molecule is CN(C)NC(=O)C(C)(C)c1c[nH]c2ccccc12. The van der Waals surface area contributed by atoms with E-state index in [2.05, 4.69) is 10.4 Å². The summed E-state index contributed by atoms with van der Waals surface area (Å²) in [7, 11) is 3.62. The van der Waals surface area contributed by atoms with Gasteiger partial charge in [0.05, 0.1) is 5.41 Å². The second-order valence-electron chi connectivity index (χ2n) is 5.21. The average Bonchev–Trinajstić information content (AvgIpc) is 2.72. The van der Waals surface area contributed by atoms with Gasteiger partial charge in [-0.25, -0.2) is 5.01 Å². The molecular weight excluding hydrogens is 226 g/mol. The Labute approximate surface area is 107 Å². The van der Waals surface area contributed by atoms with Crippen molar-refractivity contribution in [3.8, 4) is 0 Å². The summed E-state index contributed by atoms with van der Waals surface area (Å²) in [5, 5.41) is 2.76. The van der Waals surface area contributed by atoms with Crippen LogP contribution >= 0.6 is 0 Å². The molecule has 2 rings (SSSR count). The van der Waals surface area contributed by atoms with Crippen LogP contribution in [0.25, 0.3) is 10.9 Å². The summed E-state index contributed by atoms with van der Waals surface area (Å²) in [6.45, 7) is 3.86. The average molecular weight is 245 g/mol. The first-order chi connectivity index (χ1) is 8.43. The molecule has 0 atom stereocenters. The summed E-state index contributed by atoms with van der Waals surface area (Å²) in [5.41, 5.74) is 4.30. The van der Waals surface area contributed by atoms with E-state index in [1.54, 1.807) is 5.01 Å². The van der Waals surface area contributed by atoms with Crippen LogP contribution in [0.1, 0.15) is 19.4 Å². The fourth-order valence-electron chi connectivity index (χ4n) is 2.05. The predicted molar refractivity (Wildman–Crippen MR) is 73.2 cm³/mol. The van der Waals surface area contributed by atoms with Crippen molar-refractivity contribution in [2.24, 2.45) is 0 Å². The number of aromatic amines is 1. The number of hydrogen-bond donors (Lipinski definition) is 2. The van der Waals surface area contributed by atoms with Gasteiger partial charge >= 0.3 is 0 Å². The van der Waals surface area contributed by atoms with Gasteiger partial charge in [-0.2, -0.15) is 0 Å². The van der Waals surface area contributed by atoms with E-state index in [1.807, 2.05) is 58.4 Å². The van der Waals surface area contributed by atoms with Crippen molar-refractivity contribution in [1.29, 1.82) is 0 Å². The number of amides is 1. The lowest BCUT2D eigenvalue weighted by Gasteiger charge is -2.25. The molecule has 1 amide bonds. The standard InChI is InChI=1S/C14H19N3O/c1-14(2,13(18)16-17(3)4)11-9-15-12-8-6-5-7-10(11)12/h5-9,15H,1-4H3,(H,16,18). The molecule has 0 aliphatic carbocycles. The van der Waals surface area contributed by atoms with Crippen molar-refractivity contribution < 1.29 is 4.79 Å². The Morgan fingerprint density at radius 3 is 2.61 bits per heavy atom. The van der Waals surface area contributed by atoms with Crippen LogP contribution in [-0.4, -0.2) is 30.0 Å². The number of H-pyrrole nitrogens is 1. The van der Waals surface area contributed by atoms with Gasteiger partial charge in [-0.05, 0) is 25.5 Å². The van der Waals surface area contributed by atoms with Crippen molar-refractivity contribution in [2.45, 2.75) is 19.3 Å². The Hall–Kier alpha value is -1.81. The zero-order valence-electron chi connectivity index (χ0n) is 11.2. The van der Waals surface area contributed by atoms with Crippen molar-refractivity contribution >= 4 is 16.8 Å². The van der Waals surface area contributed by atoms with Gasteiger partial charge in [0.2, 0.25) is 5.91 Å². The van der Waals surface area contributed by atoms with Crippen molar-refractivity contribution in [3.63, 3.8) is 0 Å². The topological polar surface area (TPSA) is 48.1 Å². The molecule has 0 saturated carbocycles. The number of hydrazine groups is 1. The number of benzene rings is 1. The van der Waals surface area contributed by atoms with Crippen LogP contribution in [0, 0.1) is 0 Å². The fourth-order valence-corrected chi connectivity index (χ4v) is 2.05. The molecule has 2 N–H and O–H groups in total. The van der Waals surface area contributed by atoms with Crippen LogP contribution in [0.5, 0.6) is 0 Å². The second kappa shape index (κ2) is 4.46. The zero-order chi connectivity index (χ0) is 13.3. The molecule has 0 spiro atoms. The van der Waals surface area contributed by atoms with Crippen molar-refractivity contribution in [1.82, 2.24) is 15.4 Å². The molecule has 4 heteroatoms. The van der Waals surface area contributed by atoms with Crippen molar-refractivity contribution in [2.75, 3.05) is 14.1 Å². The second-order valence-corrected chi connectivity index (χ2v) is 5.21. The molecular formula is C14H19N3O. The highest BCUT2D eigenvalue weighted by molar-refractivity contribution is 5.94. The highest BCUT2D eigenvalue weighted by Gasteiger charge is 2.32. The van der Waals surface area contributed by atoms with Gasteiger partial charge in [0, 0.05) is 31.2 Å². The van der Waals surface area contributed by atoms with E-state index in [0.717, 1.165) is 16.5 Å². The number of para-hydroxylation sites is 1. The highest BCUT2D eigenvalue weighted by Crippen LogP contribution is 2.30. The summed E-state index contributed by atoms with van der Waals surface area (Å²) in [4.78, 5) is 15.5. The minimum Gasteiger partial charge on any atom is -0.361 e. The van der Waals surface area contributed by atoms with E-state index in [4.69, 9.17) is 0 Å². The molecule has 0 fully saturated rings. The predicted octanol–water partition coefficient (Wildman–Crippen LogP) is 2.04. The maximum absolute atomic E-state index is 12.3. The molecule has 1 heterocycles. The third kappa shape index (κ3) is 2.11. The van der Waals surface area contributed by atoms with Crippen LogP contribution < -0.4 is 5.43 Å². The van der Waals surface area contributed by atoms with Gasteiger partial charge < -0.3 is 4.98 Å². The van der Waals surface area contributed by atoms with E-state index in [-0.39, 0.29) is 5.91 Å². The van der Waals surface area contributed by atoms with Crippen LogP contribution in [0.4, 0.5) is 0 Å². The van der Waals surface area contributed by atoms with E-state index >= 15 is 0 Å². The van der Waals surface area contributed by atoms with Gasteiger partial charge in [-0.15, -0.1) is 0 Å². The number of rotatable bonds is 3. The third-order valence-corrected chi connectivity index (χ3v) is 3.16. The van der Waals surface area contributed by atoms with E-state index in [9.17, 15) is 4.79 Å². The minimum absolute atomic E-state index is 0.0164. The largest absolute Gasteiger partial charge is 0.361 e. The maximum atomic E-state index is 12.3. The molecule has 0 aliphatic heterocycles. The summed E-state index contributed by atoms with van der Waals surface area (Å²) in [5.74, 6) is -0.0164. The Balaban J connectivity index is 2.43. The first-order valence-electron chi connectivity index (χ1n) is 5.98. The quantitative estimate of drug-likeness (QED) is 0.813. The number of carbonyl (C=O) groups is 1. The number of carbonyl (C=O) groups excluding carboxylic acids is 1. The minimum atomic E-state index is -0.579. The summed E-state index contributed by atoms with van der Waals surface area (Å²) in [6, 6.07) is 8.01. The molecule has 96 valence electrons. The smallest absolute Gasteiger partial charge is 0.244 e. The summed E-state index contributed by atoms with van der Waals surface area (Å²) >= 11 is 0. The highest BCUT2D eigenvalue weighted by atomic mass is 16.2. The molecule has 0 unspecified atom stereocenters. The molecule has 0 aliphatic rings. The molecule has 0 bridgehead atoms. The Morgan fingerprint density at radius 2 is 1.94 bits per heavy atom. The number of fused-ring (bicyclic) bond motifs is 1. The van der Waals surface area contributed by atoms with Gasteiger partial charge in [0.15, 0.2) is 0 Å². The van der Waals surface area contributed by atoms with Crippen LogP contribution in [0.3, 0.4) is 0 Å². The van der Waals surface area contributed by atoms with Crippen LogP contribution in [0.2, 0.25) is 0 Å². The Kier molecular flexibility index (Phi) is 3.13. The number of aromatic nitrogens is 1. The maximum Gasteiger partial charge on any atom is 0.244 e. The fraction of sp³-hybridized carbons (Fsp3) is 0.357.